The van der Waals surface area contributed by atoms with Gasteiger partial charge < -0.3 is 20.6 Å². The zero-order valence-electron chi connectivity index (χ0n) is 21.2. The predicted molar refractivity (Wildman–Crippen MR) is 140 cm³/mol. The second kappa shape index (κ2) is 12.4. The van der Waals surface area contributed by atoms with Crippen molar-refractivity contribution in [3.63, 3.8) is 0 Å². The number of carbonyl (C=O) groups excluding carboxylic acids is 1. The molecule has 0 saturated heterocycles. The zero-order valence-corrected chi connectivity index (χ0v) is 21.2. The lowest BCUT2D eigenvalue weighted by molar-refractivity contribution is -0.141. The molecule has 192 valence electrons. The molecule has 7 nitrogen and oxygen atoms in total. The number of nitrogens with one attached hydrogen (secondary N) is 2. The van der Waals surface area contributed by atoms with Crippen LogP contribution in [0.4, 0.5) is 26.2 Å². The molecule has 36 heavy (non-hydrogen) atoms. The minimum atomic E-state index is -0.883. The van der Waals surface area contributed by atoms with Gasteiger partial charge in [-0.15, -0.1) is 0 Å². The summed E-state index contributed by atoms with van der Waals surface area (Å²) in [6.45, 7) is 6.78. The van der Waals surface area contributed by atoms with E-state index in [1.165, 1.54) is 18.6 Å². The Morgan fingerprint density at radius 2 is 1.78 bits per heavy atom. The van der Waals surface area contributed by atoms with Crippen molar-refractivity contribution in [2.45, 2.75) is 65.3 Å². The van der Waals surface area contributed by atoms with Crippen molar-refractivity contribution in [2.24, 2.45) is 11.8 Å². The molecule has 3 N–H and O–H groups in total. The van der Waals surface area contributed by atoms with E-state index in [1.807, 2.05) is 24.3 Å². The van der Waals surface area contributed by atoms with Crippen LogP contribution in [-0.2, 0) is 11.2 Å². The number of nitriles is 1. The van der Waals surface area contributed by atoms with Gasteiger partial charge in [0.25, 0.3) is 0 Å². The topological polar surface area (TPSA) is 105 Å². The van der Waals surface area contributed by atoms with E-state index in [4.69, 9.17) is 5.26 Å². The highest BCUT2D eigenvalue weighted by Gasteiger charge is 2.25. The minimum Gasteiger partial charge on any atom is -0.481 e. The van der Waals surface area contributed by atoms with Gasteiger partial charge >= 0.3 is 12.0 Å². The normalized spacial score (nSPS) is 14.7. The maximum atomic E-state index is 14.4. The number of halogens is 1. The molecule has 8 heteroatoms. The van der Waals surface area contributed by atoms with E-state index in [-0.39, 0.29) is 11.3 Å². The summed E-state index contributed by atoms with van der Waals surface area (Å²) < 4.78 is 14.4. The maximum absolute atomic E-state index is 14.4. The molecule has 3 rings (SSSR count). The molecule has 1 saturated carbocycles. The summed E-state index contributed by atoms with van der Waals surface area (Å²) >= 11 is 0. The number of carboxylic acids is 1. The molecule has 0 radical (unpaired) electrons. The van der Waals surface area contributed by atoms with E-state index in [0.717, 1.165) is 49.5 Å². The van der Waals surface area contributed by atoms with Crippen molar-refractivity contribution in [1.82, 2.24) is 0 Å². The maximum Gasteiger partial charge on any atom is 0.323 e. The lowest BCUT2D eigenvalue weighted by Crippen LogP contribution is -2.40. The average molecular weight is 495 g/mol. The van der Waals surface area contributed by atoms with Crippen molar-refractivity contribution < 1.29 is 19.1 Å². The number of nitrogens with zero attached hydrogens (tertiary/aromatic N) is 2. The third kappa shape index (κ3) is 7.20. The molecule has 0 spiro atoms. The van der Waals surface area contributed by atoms with Gasteiger partial charge in [-0.25, -0.2) is 9.18 Å². The number of rotatable bonds is 9. The fourth-order valence-corrected chi connectivity index (χ4v) is 4.69. The molecule has 0 bridgehead atoms. The molecular weight excluding hydrogens is 459 g/mol. The zero-order chi connectivity index (χ0) is 26.2. The van der Waals surface area contributed by atoms with Crippen LogP contribution in [-0.4, -0.2) is 29.7 Å². The molecule has 2 aromatic carbocycles. The Bertz CT molecular complexity index is 1120. The summed E-state index contributed by atoms with van der Waals surface area (Å²) in [5, 5.41) is 23.7. The van der Waals surface area contributed by atoms with Crippen molar-refractivity contribution in [1.29, 1.82) is 5.26 Å². The third-order valence-electron chi connectivity index (χ3n) is 6.51. The molecular formula is C28H35FN4O3. The highest BCUT2D eigenvalue weighted by atomic mass is 19.1. The van der Waals surface area contributed by atoms with Gasteiger partial charge in [-0.05, 0) is 61.1 Å². The number of carboxylic acid groups (broad SMARTS) is 1. The van der Waals surface area contributed by atoms with Gasteiger partial charge in [-0.2, -0.15) is 5.26 Å². The van der Waals surface area contributed by atoms with Crippen LogP contribution in [0.5, 0.6) is 0 Å². The summed E-state index contributed by atoms with van der Waals surface area (Å²) in [6.07, 6.45) is 6.02. The average Bonchev–Trinajstić information content (AvgIpc) is 2.84. The van der Waals surface area contributed by atoms with Gasteiger partial charge in [-0.3, -0.25) is 4.79 Å². The van der Waals surface area contributed by atoms with Crippen LogP contribution in [0.1, 0.15) is 64.0 Å². The van der Waals surface area contributed by atoms with Crippen LogP contribution in [0.25, 0.3) is 0 Å². The van der Waals surface area contributed by atoms with Crippen molar-refractivity contribution in [2.75, 3.05) is 22.1 Å². The van der Waals surface area contributed by atoms with E-state index in [0.29, 0.717) is 24.1 Å². The van der Waals surface area contributed by atoms with E-state index < -0.39 is 23.7 Å². The van der Waals surface area contributed by atoms with Gasteiger partial charge in [0.2, 0.25) is 0 Å². The number of carbonyl (C=O) groups is 2. The summed E-state index contributed by atoms with van der Waals surface area (Å²) in [4.78, 5) is 26.7. The molecule has 0 aromatic heterocycles. The first-order chi connectivity index (χ1) is 17.2. The van der Waals surface area contributed by atoms with E-state index in [1.54, 1.807) is 6.92 Å². The van der Waals surface area contributed by atoms with Crippen molar-refractivity contribution in [3.8, 4) is 6.07 Å². The Balaban J connectivity index is 1.93. The van der Waals surface area contributed by atoms with Gasteiger partial charge in [-0.1, -0.05) is 46.1 Å². The van der Waals surface area contributed by atoms with Crippen LogP contribution in [0, 0.1) is 29.0 Å². The predicted octanol–water partition coefficient (Wildman–Crippen LogP) is 6.40. The molecule has 1 aliphatic rings. The smallest absolute Gasteiger partial charge is 0.323 e. The van der Waals surface area contributed by atoms with E-state index in [9.17, 15) is 19.1 Å². The first-order valence-electron chi connectivity index (χ1n) is 12.6. The molecule has 2 aromatic rings. The summed E-state index contributed by atoms with van der Waals surface area (Å²) in [7, 11) is 0. The Morgan fingerprint density at radius 3 is 2.39 bits per heavy atom. The first kappa shape index (κ1) is 27.0. The molecule has 0 aliphatic heterocycles. The molecule has 0 heterocycles. The minimum absolute atomic E-state index is 0.0324. The highest BCUT2D eigenvalue weighted by Crippen LogP contribution is 2.35. The van der Waals surface area contributed by atoms with Gasteiger partial charge in [0, 0.05) is 12.6 Å². The van der Waals surface area contributed by atoms with Crippen LogP contribution < -0.4 is 15.5 Å². The monoisotopic (exact) mass is 494 g/mol. The van der Waals surface area contributed by atoms with Crippen molar-refractivity contribution in [3.05, 3.63) is 53.3 Å². The fourth-order valence-electron chi connectivity index (χ4n) is 4.69. The summed E-state index contributed by atoms with van der Waals surface area (Å²) in [6, 6.07) is 11.2. The highest BCUT2D eigenvalue weighted by molar-refractivity contribution is 6.02. The summed E-state index contributed by atoms with van der Waals surface area (Å²) in [5.74, 6) is -1.76. The second-order valence-electron chi connectivity index (χ2n) is 10.0. The van der Waals surface area contributed by atoms with E-state index >= 15 is 0 Å². The number of hydrogen-bond donors (Lipinski definition) is 3. The molecule has 2 amide bonds. The van der Waals surface area contributed by atoms with Crippen LogP contribution in [0.3, 0.4) is 0 Å². The summed E-state index contributed by atoms with van der Waals surface area (Å²) in [5.41, 5.74) is 2.36. The number of hydrogen-bond acceptors (Lipinski definition) is 4. The Kier molecular flexibility index (Phi) is 9.29. The Hall–Kier alpha value is -3.60. The van der Waals surface area contributed by atoms with Crippen LogP contribution in [0.15, 0.2) is 36.4 Å². The Labute approximate surface area is 212 Å². The Morgan fingerprint density at radius 1 is 1.08 bits per heavy atom. The lowest BCUT2D eigenvalue weighted by atomic mass is 9.92. The van der Waals surface area contributed by atoms with Gasteiger partial charge in [0.15, 0.2) is 0 Å². The standard InChI is InChI=1S/C28H35FN4O3/c1-18(2)17-33(22-7-5-4-6-8-22)26-12-10-20(13-19(3)27(34)35)15-25(26)32-28(36)31-24-11-9-21(16-30)14-23(24)29/h9-12,14-15,18-19,22H,4-8,13,17H2,1-3H3,(H,34,35)(H2,31,32,36). The number of aliphatic carboxylic acids is 1. The number of anilines is 3. The molecule has 1 atom stereocenters. The number of benzene rings is 2. The second-order valence-corrected chi connectivity index (χ2v) is 10.0. The first-order valence-corrected chi connectivity index (χ1v) is 12.6. The van der Waals surface area contributed by atoms with Crippen LogP contribution in [0.2, 0.25) is 0 Å². The number of urea groups is 1. The molecule has 1 aliphatic carbocycles. The fraction of sp³-hybridized carbons (Fsp3) is 0.464. The van der Waals surface area contributed by atoms with Gasteiger partial charge in [0.05, 0.1) is 34.6 Å². The lowest BCUT2D eigenvalue weighted by Gasteiger charge is -2.38. The molecule has 1 fully saturated rings. The SMILES string of the molecule is CC(C)CN(c1ccc(CC(C)C(=O)O)cc1NC(=O)Nc1ccc(C#N)cc1F)C1CCCCC1. The largest absolute Gasteiger partial charge is 0.481 e. The van der Waals surface area contributed by atoms with E-state index in [2.05, 4.69) is 29.4 Å². The molecule has 1 unspecified atom stereocenters. The quantitative estimate of drug-likeness (QED) is 0.374. The van der Waals surface area contributed by atoms with Crippen molar-refractivity contribution >= 4 is 29.1 Å². The van der Waals surface area contributed by atoms with Gasteiger partial charge in [0.1, 0.15) is 5.82 Å². The third-order valence-corrected chi connectivity index (χ3v) is 6.51. The van der Waals surface area contributed by atoms with Crippen LogP contribution >= 0.6 is 0 Å². The number of amides is 2.